The van der Waals surface area contributed by atoms with Crippen molar-refractivity contribution in [2.24, 2.45) is 0 Å². The van der Waals surface area contributed by atoms with Crippen molar-refractivity contribution >= 4 is 5.69 Å². The second kappa shape index (κ2) is 5.85. The SMILES string of the molecule is COc1cc(OC)cc(Oc2ccc(N)c(C#N)c2)c1. The number of anilines is 1. The molecule has 0 aliphatic heterocycles. The highest BCUT2D eigenvalue weighted by molar-refractivity contribution is 5.57. The van der Waals surface area contributed by atoms with E-state index in [9.17, 15) is 0 Å². The standard InChI is InChI=1S/C15H14N2O3/c1-18-12-6-13(19-2)8-14(7-12)20-11-3-4-15(17)10(5-11)9-16/h3-8H,17H2,1-2H3. The monoisotopic (exact) mass is 270 g/mol. The number of benzene rings is 2. The number of nitrogens with two attached hydrogens (primary N) is 1. The largest absolute Gasteiger partial charge is 0.496 e. The quantitative estimate of drug-likeness (QED) is 0.864. The van der Waals surface area contributed by atoms with Crippen LogP contribution in [-0.4, -0.2) is 14.2 Å². The summed E-state index contributed by atoms with van der Waals surface area (Å²) in [6.45, 7) is 0. The van der Waals surface area contributed by atoms with Crippen LogP contribution < -0.4 is 19.9 Å². The summed E-state index contributed by atoms with van der Waals surface area (Å²) in [7, 11) is 3.13. The van der Waals surface area contributed by atoms with E-state index in [0.29, 0.717) is 34.2 Å². The van der Waals surface area contributed by atoms with Gasteiger partial charge in [-0.3, -0.25) is 0 Å². The Bertz CT molecular complexity index is 640. The fraction of sp³-hybridized carbons (Fsp3) is 0.133. The van der Waals surface area contributed by atoms with Crippen molar-refractivity contribution in [2.75, 3.05) is 20.0 Å². The second-order valence-electron chi connectivity index (χ2n) is 4.01. The second-order valence-corrected chi connectivity index (χ2v) is 4.01. The highest BCUT2D eigenvalue weighted by Gasteiger charge is 2.06. The van der Waals surface area contributed by atoms with Gasteiger partial charge >= 0.3 is 0 Å². The molecule has 2 aromatic rings. The molecule has 0 spiro atoms. The van der Waals surface area contributed by atoms with Gasteiger partial charge in [-0.25, -0.2) is 0 Å². The third-order valence-electron chi connectivity index (χ3n) is 2.71. The third kappa shape index (κ3) is 2.93. The molecule has 0 saturated carbocycles. The van der Waals surface area contributed by atoms with Gasteiger partial charge in [0.05, 0.1) is 19.8 Å². The van der Waals surface area contributed by atoms with Crippen LogP contribution in [0.3, 0.4) is 0 Å². The minimum atomic E-state index is 0.373. The van der Waals surface area contributed by atoms with E-state index in [0.717, 1.165) is 0 Å². The Morgan fingerprint density at radius 1 is 0.900 bits per heavy atom. The summed E-state index contributed by atoms with van der Waals surface area (Å²) in [5, 5.41) is 8.95. The Morgan fingerprint density at radius 3 is 2.05 bits per heavy atom. The predicted octanol–water partition coefficient (Wildman–Crippen LogP) is 2.95. The molecule has 0 atom stereocenters. The highest BCUT2D eigenvalue weighted by Crippen LogP contribution is 2.31. The molecule has 0 aliphatic rings. The first-order chi connectivity index (χ1) is 9.66. The van der Waals surface area contributed by atoms with Crippen molar-refractivity contribution in [3.63, 3.8) is 0 Å². The summed E-state index contributed by atoms with van der Waals surface area (Å²) in [5.41, 5.74) is 6.46. The van der Waals surface area contributed by atoms with Gasteiger partial charge in [-0.05, 0) is 12.1 Å². The molecule has 0 fully saturated rings. The van der Waals surface area contributed by atoms with Crippen LogP contribution in [0.25, 0.3) is 0 Å². The number of nitrogens with zero attached hydrogens (tertiary/aromatic N) is 1. The first-order valence-electron chi connectivity index (χ1n) is 5.87. The number of hydrogen-bond donors (Lipinski definition) is 1. The molecule has 0 amide bonds. The fourth-order valence-corrected chi connectivity index (χ4v) is 1.67. The van der Waals surface area contributed by atoms with Gasteiger partial charge in [0.25, 0.3) is 0 Å². The molecular formula is C15H14N2O3. The van der Waals surface area contributed by atoms with Crippen molar-refractivity contribution in [3.8, 4) is 29.1 Å². The lowest BCUT2D eigenvalue weighted by Crippen LogP contribution is -1.93. The van der Waals surface area contributed by atoms with E-state index in [1.165, 1.54) is 0 Å². The van der Waals surface area contributed by atoms with Crippen LogP contribution in [0.2, 0.25) is 0 Å². The molecule has 5 nitrogen and oxygen atoms in total. The Hall–Kier alpha value is -2.87. The Balaban J connectivity index is 2.32. The van der Waals surface area contributed by atoms with Crippen molar-refractivity contribution in [1.82, 2.24) is 0 Å². The first-order valence-corrected chi connectivity index (χ1v) is 5.87. The van der Waals surface area contributed by atoms with Crippen LogP contribution in [0.4, 0.5) is 5.69 Å². The van der Waals surface area contributed by atoms with Crippen molar-refractivity contribution in [1.29, 1.82) is 5.26 Å². The zero-order valence-corrected chi connectivity index (χ0v) is 11.2. The van der Waals surface area contributed by atoms with Crippen LogP contribution in [0.5, 0.6) is 23.0 Å². The molecule has 5 heteroatoms. The number of ether oxygens (including phenoxy) is 3. The molecule has 0 saturated heterocycles. The molecule has 2 aromatic carbocycles. The van der Waals surface area contributed by atoms with Gasteiger partial charge in [0, 0.05) is 30.0 Å². The highest BCUT2D eigenvalue weighted by atomic mass is 16.5. The molecule has 0 heterocycles. The fourth-order valence-electron chi connectivity index (χ4n) is 1.67. The van der Waals surface area contributed by atoms with Gasteiger partial charge in [0.15, 0.2) is 0 Å². The van der Waals surface area contributed by atoms with Crippen LogP contribution in [0, 0.1) is 11.3 Å². The van der Waals surface area contributed by atoms with Crippen molar-refractivity contribution in [2.45, 2.75) is 0 Å². The van der Waals surface area contributed by atoms with Gasteiger partial charge in [0.2, 0.25) is 0 Å². The zero-order valence-electron chi connectivity index (χ0n) is 11.2. The third-order valence-corrected chi connectivity index (χ3v) is 2.71. The maximum absolute atomic E-state index is 8.95. The van der Waals surface area contributed by atoms with E-state index in [1.54, 1.807) is 50.6 Å². The predicted molar refractivity (Wildman–Crippen MR) is 75.2 cm³/mol. The van der Waals surface area contributed by atoms with E-state index < -0.39 is 0 Å². The maximum atomic E-state index is 8.95. The maximum Gasteiger partial charge on any atom is 0.134 e. The topological polar surface area (TPSA) is 77.5 Å². The summed E-state index contributed by atoms with van der Waals surface area (Å²) in [6.07, 6.45) is 0. The number of nitrogen functional groups attached to an aromatic ring is 1. The summed E-state index contributed by atoms with van der Waals surface area (Å²) >= 11 is 0. The van der Waals surface area contributed by atoms with E-state index in [2.05, 4.69) is 0 Å². The van der Waals surface area contributed by atoms with Crippen LogP contribution in [0.15, 0.2) is 36.4 Å². The Kier molecular flexibility index (Phi) is 3.96. The van der Waals surface area contributed by atoms with E-state index in [1.807, 2.05) is 6.07 Å². The lowest BCUT2D eigenvalue weighted by Gasteiger charge is -2.10. The minimum Gasteiger partial charge on any atom is -0.496 e. The molecular weight excluding hydrogens is 256 g/mol. The molecule has 0 aromatic heterocycles. The van der Waals surface area contributed by atoms with Gasteiger partial charge in [-0.2, -0.15) is 5.26 Å². The lowest BCUT2D eigenvalue weighted by molar-refractivity contribution is 0.386. The van der Waals surface area contributed by atoms with E-state index in [4.69, 9.17) is 25.2 Å². The normalized spacial score (nSPS) is 9.65. The molecule has 2 rings (SSSR count). The number of nitriles is 1. The zero-order chi connectivity index (χ0) is 14.5. The number of methoxy groups -OCH3 is 2. The van der Waals surface area contributed by atoms with Crippen LogP contribution in [0.1, 0.15) is 5.56 Å². The number of rotatable bonds is 4. The van der Waals surface area contributed by atoms with Crippen molar-refractivity contribution in [3.05, 3.63) is 42.0 Å². The van der Waals surface area contributed by atoms with Crippen molar-refractivity contribution < 1.29 is 14.2 Å². The van der Waals surface area contributed by atoms with Gasteiger partial charge < -0.3 is 19.9 Å². The van der Waals surface area contributed by atoms with Gasteiger partial charge in [-0.1, -0.05) is 0 Å². The average molecular weight is 270 g/mol. The Labute approximate surface area is 117 Å². The van der Waals surface area contributed by atoms with Gasteiger partial charge in [0.1, 0.15) is 29.1 Å². The summed E-state index contributed by atoms with van der Waals surface area (Å²) in [6, 6.07) is 12.1. The molecule has 102 valence electrons. The molecule has 0 aliphatic carbocycles. The Morgan fingerprint density at radius 2 is 1.50 bits per heavy atom. The lowest BCUT2D eigenvalue weighted by atomic mass is 10.2. The molecule has 0 unspecified atom stereocenters. The van der Waals surface area contributed by atoms with E-state index in [-0.39, 0.29) is 0 Å². The van der Waals surface area contributed by atoms with E-state index >= 15 is 0 Å². The van der Waals surface area contributed by atoms with Gasteiger partial charge in [-0.15, -0.1) is 0 Å². The minimum absolute atomic E-state index is 0.373. The number of hydrogen-bond acceptors (Lipinski definition) is 5. The van der Waals surface area contributed by atoms with Crippen LogP contribution >= 0.6 is 0 Å². The summed E-state index contributed by atoms with van der Waals surface area (Å²) in [4.78, 5) is 0. The first kappa shape index (κ1) is 13.6. The summed E-state index contributed by atoms with van der Waals surface area (Å²) < 4.78 is 16.0. The van der Waals surface area contributed by atoms with Crippen LogP contribution in [-0.2, 0) is 0 Å². The smallest absolute Gasteiger partial charge is 0.134 e. The molecule has 0 radical (unpaired) electrons. The molecule has 20 heavy (non-hydrogen) atoms. The molecule has 2 N–H and O–H groups in total. The average Bonchev–Trinajstić information content (AvgIpc) is 2.48. The molecule has 0 bridgehead atoms. The summed E-state index contributed by atoms with van der Waals surface area (Å²) in [5.74, 6) is 2.31.